The van der Waals surface area contributed by atoms with Gasteiger partial charge < -0.3 is 9.52 Å². The number of carboxylic acids is 1. The lowest BCUT2D eigenvalue weighted by Gasteiger charge is -2.31. The predicted molar refractivity (Wildman–Crippen MR) is 149 cm³/mol. The van der Waals surface area contributed by atoms with Gasteiger partial charge in [0.05, 0.1) is 41.6 Å². The van der Waals surface area contributed by atoms with Crippen LogP contribution in [0.3, 0.4) is 0 Å². The molecular formula is C31H23ClN2O6. The number of halogens is 1. The molecule has 2 aliphatic rings. The number of nitrogens with zero attached hydrogens (tertiary/aromatic N) is 1. The van der Waals surface area contributed by atoms with Crippen molar-refractivity contribution < 1.29 is 23.9 Å². The van der Waals surface area contributed by atoms with Gasteiger partial charge in [0.2, 0.25) is 11.8 Å². The maximum absolute atomic E-state index is 13.7. The van der Waals surface area contributed by atoms with Crippen molar-refractivity contribution in [1.29, 1.82) is 0 Å². The van der Waals surface area contributed by atoms with Crippen molar-refractivity contribution in [2.24, 2.45) is 11.8 Å². The Labute approximate surface area is 233 Å². The number of carboxylic acid groups (broad SMARTS) is 1. The monoisotopic (exact) mass is 554 g/mol. The molecular weight excluding hydrogens is 532 g/mol. The standard InChI is InChI=1S/C31H23ClN2O6/c1-3-10-34-28(36)24-25(29(34)37)31(30(38)39,14-17-8-9-18-6-4-5-7-19(18)12-17)33-26(24)21-15-40-23-11-16(2)22(32)13-20(23)27(21)35/h1,4-9,11-13,15,24-26,33H,10,14H2,2H3,(H,38,39). The fourth-order valence-corrected chi connectivity index (χ4v) is 6.33. The first-order chi connectivity index (χ1) is 19.2. The maximum Gasteiger partial charge on any atom is 0.325 e. The smallest absolute Gasteiger partial charge is 0.325 e. The number of carbonyl (C=O) groups excluding carboxylic acids is 2. The number of rotatable bonds is 5. The lowest BCUT2D eigenvalue weighted by Crippen LogP contribution is -2.57. The molecule has 6 rings (SSSR count). The summed E-state index contributed by atoms with van der Waals surface area (Å²) < 4.78 is 5.76. The maximum atomic E-state index is 13.7. The highest BCUT2D eigenvalue weighted by Crippen LogP contribution is 2.49. The quantitative estimate of drug-likeness (QED) is 0.284. The van der Waals surface area contributed by atoms with Crippen molar-refractivity contribution in [2.75, 3.05) is 6.54 Å². The van der Waals surface area contributed by atoms with Crippen molar-refractivity contribution in [2.45, 2.75) is 24.9 Å². The highest BCUT2D eigenvalue weighted by Gasteiger charge is 2.68. The minimum Gasteiger partial charge on any atom is -0.480 e. The number of terminal acetylenes is 1. The summed E-state index contributed by atoms with van der Waals surface area (Å²) in [7, 11) is 0. The fraction of sp³-hybridized carbons (Fsp3) is 0.226. The summed E-state index contributed by atoms with van der Waals surface area (Å²) in [6.45, 7) is 1.47. The normalized spacial score (nSPS) is 24.0. The van der Waals surface area contributed by atoms with Gasteiger partial charge in [0.25, 0.3) is 0 Å². The number of benzene rings is 3. The van der Waals surface area contributed by atoms with Crippen LogP contribution in [0.5, 0.6) is 0 Å². The van der Waals surface area contributed by atoms with Gasteiger partial charge in [-0.3, -0.25) is 29.4 Å². The van der Waals surface area contributed by atoms with Crippen LogP contribution in [0, 0.1) is 31.1 Å². The Morgan fingerprint density at radius 3 is 2.60 bits per heavy atom. The molecule has 0 bridgehead atoms. The Hall–Kier alpha value is -4.45. The number of aliphatic carboxylic acids is 1. The number of fused-ring (bicyclic) bond motifs is 3. The van der Waals surface area contributed by atoms with E-state index in [2.05, 4.69) is 11.2 Å². The van der Waals surface area contributed by atoms with Gasteiger partial charge in [-0.1, -0.05) is 60.0 Å². The molecule has 40 heavy (non-hydrogen) atoms. The molecule has 1 aromatic heterocycles. The van der Waals surface area contributed by atoms with E-state index in [1.54, 1.807) is 19.1 Å². The molecule has 2 N–H and O–H groups in total. The summed E-state index contributed by atoms with van der Waals surface area (Å²) >= 11 is 6.28. The summed E-state index contributed by atoms with van der Waals surface area (Å²) in [5, 5.41) is 16.2. The van der Waals surface area contributed by atoms with Gasteiger partial charge in [-0.25, -0.2) is 0 Å². The van der Waals surface area contributed by atoms with Crippen molar-refractivity contribution in [3.8, 4) is 12.3 Å². The summed E-state index contributed by atoms with van der Waals surface area (Å²) in [6, 6.07) is 15.2. The van der Waals surface area contributed by atoms with Crippen LogP contribution < -0.4 is 10.7 Å². The minimum atomic E-state index is -1.90. The van der Waals surface area contributed by atoms with Gasteiger partial charge in [0, 0.05) is 11.4 Å². The topological polar surface area (TPSA) is 117 Å². The number of hydrogen-bond acceptors (Lipinski definition) is 6. The van der Waals surface area contributed by atoms with E-state index < -0.39 is 46.6 Å². The van der Waals surface area contributed by atoms with Crippen LogP contribution >= 0.6 is 11.6 Å². The zero-order valence-electron chi connectivity index (χ0n) is 21.3. The van der Waals surface area contributed by atoms with Crippen molar-refractivity contribution >= 4 is 51.1 Å². The summed E-state index contributed by atoms with van der Waals surface area (Å²) in [5.41, 5.74) is -0.675. The number of amides is 2. The van der Waals surface area contributed by atoms with Crippen LogP contribution in [0.4, 0.5) is 0 Å². The van der Waals surface area contributed by atoms with Gasteiger partial charge in [-0.15, -0.1) is 6.42 Å². The van der Waals surface area contributed by atoms with Gasteiger partial charge in [-0.05, 0) is 41.0 Å². The SMILES string of the molecule is C#CCN1C(=O)C2C(c3coc4cc(C)c(Cl)cc4c3=O)NC(Cc3ccc4ccccc4c3)(C(=O)O)C2C1=O. The molecule has 4 aromatic rings. The highest BCUT2D eigenvalue weighted by molar-refractivity contribution is 6.32. The van der Waals surface area contributed by atoms with Gasteiger partial charge in [-0.2, -0.15) is 0 Å². The molecule has 3 heterocycles. The van der Waals surface area contributed by atoms with Crippen molar-refractivity contribution in [1.82, 2.24) is 10.2 Å². The Balaban J connectivity index is 1.52. The molecule has 0 radical (unpaired) electrons. The molecule has 2 saturated heterocycles. The summed E-state index contributed by atoms with van der Waals surface area (Å²) in [4.78, 5) is 55.0. The third kappa shape index (κ3) is 3.74. The third-order valence-electron chi connectivity index (χ3n) is 8.09. The van der Waals surface area contributed by atoms with Gasteiger partial charge >= 0.3 is 5.97 Å². The van der Waals surface area contributed by atoms with Crippen LogP contribution in [0.25, 0.3) is 21.7 Å². The molecule has 4 atom stereocenters. The number of hydrogen-bond donors (Lipinski definition) is 2. The van der Waals surface area contributed by atoms with Crippen LogP contribution in [0.15, 0.2) is 70.1 Å². The van der Waals surface area contributed by atoms with Crippen LogP contribution in [0.2, 0.25) is 5.02 Å². The molecule has 0 spiro atoms. The summed E-state index contributed by atoms with van der Waals surface area (Å²) in [5.74, 6) is -2.81. The molecule has 2 fully saturated rings. The Morgan fingerprint density at radius 2 is 1.88 bits per heavy atom. The first kappa shape index (κ1) is 25.8. The highest BCUT2D eigenvalue weighted by atomic mass is 35.5. The van der Waals surface area contributed by atoms with Crippen LogP contribution in [0.1, 0.15) is 22.7 Å². The number of nitrogens with one attached hydrogen (secondary N) is 1. The van der Waals surface area contributed by atoms with Gasteiger partial charge in [0.15, 0.2) is 5.43 Å². The molecule has 2 amide bonds. The van der Waals surface area contributed by atoms with E-state index in [0.29, 0.717) is 21.7 Å². The lowest BCUT2D eigenvalue weighted by molar-refractivity contribution is -0.151. The second kappa shape index (κ2) is 9.33. The number of carbonyl (C=O) groups is 3. The molecule has 0 saturated carbocycles. The van der Waals surface area contributed by atoms with E-state index in [1.807, 2.05) is 36.4 Å². The van der Waals surface area contributed by atoms with Crippen molar-refractivity contribution in [3.05, 3.63) is 92.8 Å². The molecule has 3 aromatic carbocycles. The Kier molecular flexibility index (Phi) is 6.02. The van der Waals surface area contributed by atoms with Crippen molar-refractivity contribution in [3.63, 3.8) is 0 Å². The summed E-state index contributed by atoms with van der Waals surface area (Å²) in [6.07, 6.45) is 6.55. The van der Waals surface area contributed by atoms with E-state index in [-0.39, 0.29) is 23.9 Å². The van der Waals surface area contributed by atoms with E-state index in [0.717, 1.165) is 15.7 Å². The first-order valence-electron chi connectivity index (χ1n) is 12.7. The molecule has 200 valence electrons. The van der Waals surface area contributed by atoms with E-state index in [9.17, 15) is 24.3 Å². The average Bonchev–Trinajstić information content (AvgIpc) is 3.40. The molecule has 4 unspecified atom stereocenters. The largest absolute Gasteiger partial charge is 0.480 e. The average molecular weight is 555 g/mol. The number of aryl methyl sites for hydroxylation is 1. The number of imide groups is 1. The van der Waals surface area contributed by atoms with E-state index >= 15 is 0 Å². The molecule has 8 nitrogen and oxygen atoms in total. The zero-order chi connectivity index (χ0) is 28.3. The molecule has 0 aliphatic carbocycles. The Morgan fingerprint density at radius 1 is 1.12 bits per heavy atom. The minimum absolute atomic E-state index is 0.0350. The number of likely N-dealkylation sites (tertiary alicyclic amines) is 1. The lowest BCUT2D eigenvalue weighted by atomic mass is 9.76. The van der Waals surface area contributed by atoms with E-state index in [4.69, 9.17) is 22.4 Å². The van der Waals surface area contributed by atoms with Crippen LogP contribution in [-0.4, -0.2) is 39.9 Å². The predicted octanol–water partition coefficient (Wildman–Crippen LogP) is 3.85. The van der Waals surface area contributed by atoms with Crippen LogP contribution in [-0.2, 0) is 20.8 Å². The zero-order valence-corrected chi connectivity index (χ0v) is 22.1. The first-order valence-corrected chi connectivity index (χ1v) is 13.0. The molecule has 9 heteroatoms. The fourth-order valence-electron chi connectivity index (χ4n) is 6.16. The van der Waals surface area contributed by atoms with Gasteiger partial charge in [0.1, 0.15) is 11.1 Å². The third-order valence-corrected chi connectivity index (χ3v) is 8.50. The second-order valence-electron chi connectivity index (χ2n) is 10.3. The second-order valence-corrected chi connectivity index (χ2v) is 10.8. The van der Waals surface area contributed by atoms with E-state index in [1.165, 1.54) is 12.3 Å². The molecule has 2 aliphatic heterocycles. The Bertz CT molecular complexity index is 1860.